The molecule has 0 spiro atoms. The van der Waals surface area contributed by atoms with E-state index >= 15 is 0 Å². The molecule has 1 saturated heterocycles. The van der Waals surface area contributed by atoms with Crippen LogP contribution >= 0.6 is 11.3 Å². The van der Waals surface area contributed by atoms with Gasteiger partial charge in [0.15, 0.2) is 0 Å². The Morgan fingerprint density at radius 3 is 2.45 bits per heavy atom. The van der Waals surface area contributed by atoms with Crippen molar-refractivity contribution in [2.75, 3.05) is 13.1 Å². The molecule has 0 saturated carbocycles. The van der Waals surface area contributed by atoms with Gasteiger partial charge in [-0.25, -0.2) is 8.42 Å². The Morgan fingerprint density at radius 2 is 1.86 bits per heavy atom. The number of aryl methyl sites for hydroxylation is 2. The van der Waals surface area contributed by atoms with Crippen molar-refractivity contribution in [3.8, 4) is 0 Å². The second kappa shape index (κ2) is 5.77. The molecule has 2 atom stereocenters. The zero-order valence-electron chi connectivity index (χ0n) is 12.7. The summed E-state index contributed by atoms with van der Waals surface area (Å²) < 4.78 is 27.3. The van der Waals surface area contributed by atoms with Gasteiger partial charge in [0, 0.05) is 34.8 Å². The third-order valence-corrected chi connectivity index (χ3v) is 7.23. The van der Waals surface area contributed by atoms with Gasteiger partial charge in [-0.15, -0.1) is 11.3 Å². The lowest BCUT2D eigenvalue weighted by atomic mass is 9.95. The second-order valence-electron chi connectivity index (χ2n) is 5.78. The molecule has 2 aromatic rings. The van der Waals surface area contributed by atoms with E-state index in [1.165, 1.54) is 15.6 Å². The number of thiophene rings is 1. The van der Waals surface area contributed by atoms with E-state index in [2.05, 4.69) is 0 Å². The summed E-state index contributed by atoms with van der Waals surface area (Å²) in [6.07, 6.45) is 0. The molecule has 1 fully saturated rings. The fraction of sp³-hybridized carbons (Fsp3) is 0.375. The predicted octanol–water partition coefficient (Wildman–Crippen LogP) is 2.48. The number of rotatable bonds is 3. The summed E-state index contributed by atoms with van der Waals surface area (Å²) in [5.41, 5.74) is 7.32. The summed E-state index contributed by atoms with van der Waals surface area (Å²) in [5.74, 6) is 0.0519. The van der Waals surface area contributed by atoms with Crippen LogP contribution in [0.2, 0.25) is 0 Å². The van der Waals surface area contributed by atoms with Gasteiger partial charge in [0.05, 0.1) is 4.90 Å². The maximum atomic E-state index is 12.9. The Kier molecular flexibility index (Phi) is 4.11. The molecule has 1 aromatic heterocycles. The highest BCUT2D eigenvalue weighted by molar-refractivity contribution is 7.89. The van der Waals surface area contributed by atoms with E-state index in [1.54, 1.807) is 6.07 Å². The summed E-state index contributed by atoms with van der Waals surface area (Å²) in [6.45, 7) is 4.60. The Labute approximate surface area is 135 Å². The molecule has 118 valence electrons. The molecule has 0 bridgehead atoms. The van der Waals surface area contributed by atoms with Crippen LogP contribution in [0.3, 0.4) is 0 Å². The minimum absolute atomic E-state index is 0.0519. The first-order valence-electron chi connectivity index (χ1n) is 7.27. The minimum Gasteiger partial charge on any atom is -0.326 e. The van der Waals surface area contributed by atoms with E-state index < -0.39 is 10.0 Å². The fourth-order valence-corrected chi connectivity index (χ4v) is 6.07. The first-order chi connectivity index (χ1) is 10.4. The third-order valence-electron chi connectivity index (χ3n) is 4.17. The molecule has 4 nitrogen and oxygen atoms in total. The summed E-state index contributed by atoms with van der Waals surface area (Å²) in [5, 5.41) is 0. The molecule has 2 heterocycles. The van der Waals surface area contributed by atoms with E-state index in [1.807, 2.05) is 44.2 Å². The maximum absolute atomic E-state index is 12.9. The molecule has 0 amide bonds. The van der Waals surface area contributed by atoms with Gasteiger partial charge in [0.2, 0.25) is 10.0 Å². The van der Waals surface area contributed by atoms with Gasteiger partial charge < -0.3 is 5.73 Å². The van der Waals surface area contributed by atoms with Gasteiger partial charge in [-0.1, -0.05) is 30.3 Å². The number of benzene rings is 1. The number of hydrogen-bond acceptors (Lipinski definition) is 4. The van der Waals surface area contributed by atoms with Crippen LogP contribution in [0.5, 0.6) is 0 Å². The summed E-state index contributed by atoms with van der Waals surface area (Å²) in [6, 6.07) is 11.5. The largest absolute Gasteiger partial charge is 0.326 e. The molecule has 0 unspecified atom stereocenters. The average molecular weight is 336 g/mol. The van der Waals surface area contributed by atoms with E-state index in [4.69, 9.17) is 5.73 Å². The highest BCUT2D eigenvalue weighted by atomic mass is 32.2. The summed E-state index contributed by atoms with van der Waals surface area (Å²) >= 11 is 1.52. The molecule has 6 heteroatoms. The summed E-state index contributed by atoms with van der Waals surface area (Å²) in [4.78, 5) is 2.28. The normalized spacial score (nSPS) is 23.0. The SMILES string of the molecule is Cc1cc(S(=O)(=O)N2C[C@@H](N)[C@H](c3ccccc3)C2)c(C)s1. The standard InChI is InChI=1S/C16H20N2O2S2/c1-11-8-16(12(2)21-11)22(19,20)18-9-14(15(17)10-18)13-6-4-3-5-7-13/h3-8,14-15H,9-10,17H2,1-2H3/t14-,15+/m0/s1. The number of sulfonamides is 1. The molecule has 1 aliphatic heterocycles. The number of nitrogens with two attached hydrogens (primary N) is 1. The summed E-state index contributed by atoms with van der Waals surface area (Å²) in [7, 11) is -3.46. The van der Waals surface area contributed by atoms with Gasteiger partial charge in [-0.2, -0.15) is 4.31 Å². The molecule has 2 N–H and O–H groups in total. The zero-order valence-corrected chi connectivity index (χ0v) is 14.3. The van der Waals surface area contributed by atoms with Crippen molar-refractivity contribution in [2.45, 2.75) is 30.7 Å². The Morgan fingerprint density at radius 1 is 1.18 bits per heavy atom. The molecule has 1 aromatic carbocycles. The van der Waals surface area contributed by atoms with Crippen molar-refractivity contribution >= 4 is 21.4 Å². The molecule has 0 radical (unpaired) electrons. The van der Waals surface area contributed by atoms with Crippen LogP contribution in [-0.4, -0.2) is 31.9 Å². The van der Waals surface area contributed by atoms with E-state index in [9.17, 15) is 8.42 Å². The van der Waals surface area contributed by atoms with Crippen molar-refractivity contribution in [1.82, 2.24) is 4.31 Å². The van der Waals surface area contributed by atoms with Gasteiger partial charge in [0.25, 0.3) is 0 Å². The maximum Gasteiger partial charge on any atom is 0.244 e. The van der Waals surface area contributed by atoms with Crippen LogP contribution in [0.25, 0.3) is 0 Å². The van der Waals surface area contributed by atoms with Gasteiger partial charge in [0.1, 0.15) is 0 Å². The molecule has 3 rings (SSSR count). The van der Waals surface area contributed by atoms with Crippen molar-refractivity contribution in [3.63, 3.8) is 0 Å². The minimum atomic E-state index is -3.46. The molecule has 1 aliphatic rings. The highest BCUT2D eigenvalue weighted by Crippen LogP contribution is 2.33. The molecular formula is C16H20N2O2S2. The second-order valence-corrected chi connectivity index (χ2v) is 9.15. The molecular weight excluding hydrogens is 316 g/mol. The first kappa shape index (κ1) is 15.7. The smallest absolute Gasteiger partial charge is 0.244 e. The molecule has 0 aliphatic carbocycles. The van der Waals surface area contributed by atoms with Gasteiger partial charge in [-0.05, 0) is 25.5 Å². The average Bonchev–Trinajstić information content (AvgIpc) is 3.03. The number of hydrogen-bond donors (Lipinski definition) is 1. The number of nitrogens with zero attached hydrogens (tertiary/aromatic N) is 1. The van der Waals surface area contributed by atoms with Gasteiger partial charge >= 0.3 is 0 Å². The van der Waals surface area contributed by atoms with E-state index in [-0.39, 0.29) is 12.0 Å². The van der Waals surface area contributed by atoms with Crippen LogP contribution in [0, 0.1) is 13.8 Å². The van der Waals surface area contributed by atoms with Crippen LogP contribution in [0.4, 0.5) is 0 Å². The predicted molar refractivity (Wildman–Crippen MR) is 89.7 cm³/mol. The fourth-order valence-electron chi connectivity index (χ4n) is 3.04. The molecule has 22 heavy (non-hydrogen) atoms. The van der Waals surface area contributed by atoms with Gasteiger partial charge in [-0.3, -0.25) is 0 Å². The lowest BCUT2D eigenvalue weighted by Gasteiger charge is -2.16. The van der Waals surface area contributed by atoms with Crippen molar-refractivity contribution < 1.29 is 8.42 Å². The topological polar surface area (TPSA) is 63.4 Å². The Hall–Kier alpha value is -1.21. The Bertz CT molecular complexity index is 769. The highest BCUT2D eigenvalue weighted by Gasteiger charge is 2.39. The van der Waals surface area contributed by atoms with Crippen molar-refractivity contribution in [3.05, 3.63) is 51.7 Å². The van der Waals surface area contributed by atoms with Crippen molar-refractivity contribution in [1.29, 1.82) is 0 Å². The monoisotopic (exact) mass is 336 g/mol. The lowest BCUT2D eigenvalue weighted by Crippen LogP contribution is -2.32. The first-order valence-corrected chi connectivity index (χ1v) is 9.53. The van der Waals surface area contributed by atoms with Crippen LogP contribution in [0.1, 0.15) is 21.2 Å². The van der Waals surface area contributed by atoms with Crippen molar-refractivity contribution in [2.24, 2.45) is 5.73 Å². The van der Waals surface area contributed by atoms with Crippen LogP contribution in [-0.2, 0) is 10.0 Å². The van der Waals surface area contributed by atoms with Crippen LogP contribution < -0.4 is 5.73 Å². The Balaban J connectivity index is 1.89. The zero-order chi connectivity index (χ0) is 15.9. The lowest BCUT2D eigenvalue weighted by molar-refractivity contribution is 0.470. The third kappa shape index (κ3) is 2.72. The van der Waals surface area contributed by atoms with E-state index in [0.29, 0.717) is 18.0 Å². The van der Waals surface area contributed by atoms with E-state index in [0.717, 1.165) is 15.3 Å². The quantitative estimate of drug-likeness (QED) is 0.936. The van der Waals surface area contributed by atoms with Crippen LogP contribution in [0.15, 0.2) is 41.3 Å².